The quantitative estimate of drug-likeness (QED) is 0.179. The molecule has 3 aromatic carbocycles. The summed E-state index contributed by atoms with van der Waals surface area (Å²) in [6.07, 6.45) is 3.71. The number of nitrogens with zero attached hydrogens (tertiary/aromatic N) is 2. The number of hydrogen-bond donors (Lipinski definition) is 0. The minimum atomic E-state index is 0.900. The summed E-state index contributed by atoms with van der Waals surface area (Å²) < 4.78 is 4.10. The van der Waals surface area contributed by atoms with Gasteiger partial charge in [-0.15, -0.1) is 0 Å². The number of pyridine rings is 2. The molecule has 146 valence electrons. The van der Waals surface area contributed by atoms with Crippen molar-refractivity contribution in [1.82, 2.24) is 9.97 Å². The number of fused-ring (bicyclic) bond motifs is 3. The summed E-state index contributed by atoms with van der Waals surface area (Å²) in [6.45, 7) is 0. The molecule has 0 fully saturated rings. The van der Waals surface area contributed by atoms with Gasteiger partial charge < -0.3 is 0 Å². The van der Waals surface area contributed by atoms with Crippen LogP contribution in [0.5, 0.6) is 0 Å². The van der Waals surface area contributed by atoms with Crippen LogP contribution in [0.25, 0.3) is 44.1 Å². The number of rotatable bonds is 2. The third kappa shape index (κ3) is 3.75. The summed E-state index contributed by atoms with van der Waals surface area (Å²) in [4.78, 5) is 9.41. The van der Waals surface area contributed by atoms with Gasteiger partial charge in [0.1, 0.15) is 0 Å². The highest BCUT2D eigenvalue weighted by molar-refractivity contribution is 9.11. The van der Waals surface area contributed by atoms with Crippen LogP contribution in [0.2, 0.25) is 0 Å². The fourth-order valence-electron chi connectivity index (χ4n) is 3.75. The van der Waals surface area contributed by atoms with Crippen LogP contribution in [0.3, 0.4) is 0 Å². The van der Waals surface area contributed by atoms with Gasteiger partial charge in [-0.05, 0) is 70.8 Å². The Bertz CT molecular complexity index is 1300. The Kier molecular flexibility index (Phi) is 5.52. The molecule has 0 aliphatic heterocycles. The smallest absolute Gasteiger partial charge is 0.0970 e. The van der Waals surface area contributed by atoms with E-state index in [1.807, 2.05) is 24.5 Å². The minimum Gasteiger partial charge on any atom is -0.254 e. The van der Waals surface area contributed by atoms with Gasteiger partial charge in [0.25, 0.3) is 0 Å². The van der Waals surface area contributed by atoms with Gasteiger partial charge in [-0.1, -0.05) is 75.9 Å². The molecule has 0 unspecified atom stereocenters. The fourth-order valence-corrected chi connectivity index (χ4v) is 6.34. The first kappa shape index (κ1) is 20.3. The van der Waals surface area contributed by atoms with Crippen molar-refractivity contribution < 1.29 is 0 Å². The Hall–Kier alpha value is -1.60. The molecule has 2 heterocycles. The van der Waals surface area contributed by atoms with Gasteiger partial charge in [0.15, 0.2) is 0 Å². The molecule has 0 aliphatic rings. The topological polar surface area (TPSA) is 25.8 Å². The summed E-state index contributed by atoms with van der Waals surface area (Å²) in [5.41, 5.74) is 6.29. The molecule has 2 nitrogen and oxygen atoms in total. The molecular formula is C24H12Br4N2. The van der Waals surface area contributed by atoms with Crippen molar-refractivity contribution >= 4 is 85.5 Å². The molecule has 30 heavy (non-hydrogen) atoms. The Labute approximate surface area is 207 Å². The zero-order valence-corrected chi connectivity index (χ0v) is 21.7. The molecule has 6 heteroatoms. The molecule has 0 radical (unpaired) electrons. The third-order valence-corrected chi connectivity index (χ3v) is 6.80. The molecule has 0 atom stereocenters. The monoisotopic (exact) mass is 644 g/mol. The number of benzene rings is 3. The van der Waals surface area contributed by atoms with Crippen molar-refractivity contribution in [2.45, 2.75) is 0 Å². The van der Waals surface area contributed by atoms with Crippen molar-refractivity contribution in [2.75, 3.05) is 0 Å². The van der Waals surface area contributed by atoms with Gasteiger partial charge in [0.05, 0.1) is 11.0 Å². The van der Waals surface area contributed by atoms with E-state index in [2.05, 4.69) is 112 Å². The van der Waals surface area contributed by atoms with Gasteiger partial charge in [0.2, 0.25) is 0 Å². The molecule has 0 saturated heterocycles. The maximum absolute atomic E-state index is 4.71. The molecule has 5 aromatic rings. The molecule has 0 spiro atoms. The molecule has 0 aliphatic carbocycles. The van der Waals surface area contributed by atoms with Gasteiger partial charge in [0, 0.05) is 41.1 Å². The van der Waals surface area contributed by atoms with Gasteiger partial charge >= 0.3 is 0 Å². The van der Waals surface area contributed by atoms with E-state index < -0.39 is 0 Å². The lowest BCUT2D eigenvalue weighted by Gasteiger charge is -2.12. The molecular weight excluding hydrogens is 636 g/mol. The standard InChI is InChI=1S/C24H12Br4N2/c25-15-7-13(8-16(26)11-15)19-3-5-29-23-21(19)1-2-22-20(4-6-30-24(22)23)14-9-17(27)12-18(28)10-14/h1-12H. The van der Waals surface area contributed by atoms with E-state index in [1.54, 1.807) is 0 Å². The molecule has 0 N–H and O–H groups in total. The summed E-state index contributed by atoms with van der Waals surface area (Å²) in [5.74, 6) is 0. The SMILES string of the molecule is Brc1cc(Br)cc(-c2ccnc3c2ccc2c(-c4cc(Br)cc(Br)c4)ccnc23)c1. The van der Waals surface area contributed by atoms with Crippen molar-refractivity contribution in [3.63, 3.8) is 0 Å². The Morgan fingerprint density at radius 3 is 1.20 bits per heavy atom. The normalized spacial score (nSPS) is 11.3. The van der Waals surface area contributed by atoms with Crippen LogP contribution >= 0.6 is 63.7 Å². The van der Waals surface area contributed by atoms with E-state index in [-0.39, 0.29) is 0 Å². The highest BCUT2D eigenvalue weighted by Crippen LogP contribution is 2.37. The van der Waals surface area contributed by atoms with Crippen LogP contribution in [0, 0.1) is 0 Å². The average molecular weight is 648 g/mol. The first-order valence-electron chi connectivity index (χ1n) is 9.09. The maximum atomic E-state index is 4.71. The number of halogens is 4. The molecule has 0 amide bonds. The number of hydrogen-bond acceptors (Lipinski definition) is 2. The summed E-state index contributed by atoms with van der Waals surface area (Å²) in [7, 11) is 0. The Morgan fingerprint density at radius 2 is 0.833 bits per heavy atom. The van der Waals surface area contributed by atoms with Gasteiger partial charge in [-0.25, -0.2) is 0 Å². The van der Waals surface area contributed by atoms with Crippen LogP contribution < -0.4 is 0 Å². The second-order valence-corrected chi connectivity index (χ2v) is 10.6. The van der Waals surface area contributed by atoms with Gasteiger partial charge in [-0.3, -0.25) is 9.97 Å². The van der Waals surface area contributed by atoms with Crippen LogP contribution in [-0.2, 0) is 0 Å². The van der Waals surface area contributed by atoms with E-state index in [0.717, 1.165) is 62.0 Å². The largest absolute Gasteiger partial charge is 0.254 e. The third-order valence-electron chi connectivity index (χ3n) is 4.97. The minimum absolute atomic E-state index is 0.900. The highest BCUT2D eigenvalue weighted by atomic mass is 79.9. The van der Waals surface area contributed by atoms with Crippen molar-refractivity contribution in [2.24, 2.45) is 0 Å². The van der Waals surface area contributed by atoms with Gasteiger partial charge in [-0.2, -0.15) is 0 Å². The zero-order valence-electron chi connectivity index (χ0n) is 15.3. The first-order chi connectivity index (χ1) is 14.5. The second-order valence-electron chi connectivity index (χ2n) is 6.89. The lowest BCUT2D eigenvalue weighted by atomic mass is 9.96. The lowest BCUT2D eigenvalue weighted by Crippen LogP contribution is -1.91. The first-order valence-corrected chi connectivity index (χ1v) is 12.3. The van der Waals surface area contributed by atoms with Crippen molar-refractivity contribution in [1.29, 1.82) is 0 Å². The Morgan fingerprint density at radius 1 is 0.467 bits per heavy atom. The van der Waals surface area contributed by atoms with E-state index in [4.69, 9.17) is 9.97 Å². The summed E-state index contributed by atoms with van der Waals surface area (Å²) >= 11 is 14.4. The molecule has 5 rings (SSSR count). The van der Waals surface area contributed by atoms with Crippen molar-refractivity contribution in [3.8, 4) is 22.3 Å². The van der Waals surface area contributed by atoms with Crippen molar-refractivity contribution in [3.05, 3.63) is 90.9 Å². The van der Waals surface area contributed by atoms with E-state index in [0.29, 0.717) is 0 Å². The summed E-state index contributed by atoms with van der Waals surface area (Å²) in [5, 5.41) is 2.16. The van der Waals surface area contributed by atoms with Crippen LogP contribution in [-0.4, -0.2) is 9.97 Å². The second kappa shape index (κ2) is 8.15. The zero-order chi connectivity index (χ0) is 20.8. The van der Waals surface area contributed by atoms with Crippen LogP contribution in [0.4, 0.5) is 0 Å². The molecule has 2 aromatic heterocycles. The van der Waals surface area contributed by atoms with Crippen LogP contribution in [0.1, 0.15) is 0 Å². The Balaban J connectivity index is 1.79. The maximum Gasteiger partial charge on any atom is 0.0970 e. The number of aromatic nitrogens is 2. The predicted molar refractivity (Wildman–Crippen MR) is 139 cm³/mol. The van der Waals surface area contributed by atoms with E-state index in [1.165, 1.54) is 0 Å². The molecule has 0 bridgehead atoms. The molecule has 0 saturated carbocycles. The highest BCUT2D eigenvalue weighted by Gasteiger charge is 2.13. The predicted octanol–water partition coefficient (Wildman–Crippen LogP) is 9.17. The van der Waals surface area contributed by atoms with Crippen LogP contribution in [0.15, 0.2) is 90.9 Å². The lowest BCUT2D eigenvalue weighted by molar-refractivity contribution is 1.37. The van der Waals surface area contributed by atoms with E-state index >= 15 is 0 Å². The van der Waals surface area contributed by atoms with E-state index in [9.17, 15) is 0 Å². The average Bonchev–Trinajstić information content (AvgIpc) is 2.71. The summed E-state index contributed by atoms with van der Waals surface area (Å²) in [6, 6.07) is 20.9. The fraction of sp³-hybridized carbons (Fsp3) is 0.